The molecule has 0 saturated carbocycles. The minimum atomic E-state index is 0.254. The van der Waals surface area contributed by atoms with Gasteiger partial charge in [0, 0.05) is 11.3 Å². The number of aryl methyl sites for hydroxylation is 2. The smallest absolute Gasteiger partial charge is 0.172 e. The Balaban J connectivity index is 2.03. The fraction of sp³-hybridized carbons (Fsp3) is 0.688. The van der Waals surface area contributed by atoms with Crippen molar-refractivity contribution in [2.24, 2.45) is 5.41 Å². The van der Waals surface area contributed by atoms with Gasteiger partial charge in [-0.25, -0.2) is 0 Å². The molecule has 1 aliphatic carbocycles. The van der Waals surface area contributed by atoms with Crippen LogP contribution < -0.4 is 0 Å². The van der Waals surface area contributed by atoms with E-state index in [4.69, 9.17) is 0 Å². The third-order valence-electron chi connectivity index (χ3n) is 3.62. The average molecular weight is 264 g/mol. The predicted molar refractivity (Wildman–Crippen MR) is 78.6 cm³/mol. The summed E-state index contributed by atoms with van der Waals surface area (Å²) in [6, 6.07) is 2.18. The summed E-state index contributed by atoms with van der Waals surface area (Å²) >= 11 is 1.76. The van der Waals surface area contributed by atoms with Crippen molar-refractivity contribution in [1.29, 1.82) is 0 Å². The summed E-state index contributed by atoms with van der Waals surface area (Å²) in [5, 5.41) is 0. The van der Waals surface area contributed by atoms with E-state index in [1.165, 1.54) is 42.5 Å². The standard InChI is InChI=1S/C16H24OS/c1-16(2,3)10-9-13(17)15-11-12-7-5-4-6-8-14(12)18-15/h11H,4-10H2,1-3H3. The van der Waals surface area contributed by atoms with E-state index in [9.17, 15) is 4.79 Å². The lowest BCUT2D eigenvalue weighted by molar-refractivity contribution is 0.0970. The molecule has 0 N–H and O–H groups in total. The van der Waals surface area contributed by atoms with Crippen LogP contribution in [0, 0.1) is 5.41 Å². The van der Waals surface area contributed by atoms with E-state index in [1.807, 2.05) is 0 Å². The number of rotatable bonds is 3. The zero-order valence-corrected chi connectivity index (χ0v) is 12.7. The third kappa shape index (κ3) is 3.68. The molecular formula is C16H24OS. The van der Waals surface area contributed by atoms with Crippen LogP contribution in [0.3, 0.4) is 0 Å². The van der Waals surface area contributed by atoms with Crippen molar-refractivity contribution in [1.82, 2.24) is 0 Å². The predicted octanol–water partition coefficient (Wildman–Crippen LogP) is 5.03. The maximum atomic E-state index is 12.2. The number of carbonyl (C=O) groups excluding carboxylic acids is 1. The summed E-state index contributed by atoms with van der Waals surface area (Å²) in [4.78, 5) is 14.7. The third-order valence-corrected chi connectivity index (χ3v) is 4.90. The molecule has 1 aromatic rings. The van der Waals surface area contributed by atoms with Crippen molar-refractivity contribution in [2.45, 2.75) is 65.7 Å². The molecule has 18 heavy (non-hydrogen) atoms. The van der Waals surface area contributed by atoms with Gasteiger partial charge >= 0.3 is 0 Å². The molecule has 0 fully saturated rings. The highest BCUT2D eigenvalue weighted by atomic mass is 32.1. The van der Waals surface area contributed by atoms with E-state index < -0.39 is 0 Å². The number of Topliss-reactive ketones (excluding diaryl/α,β-unsaturated/α-hetero) is 1. The maximum Gasteiger partial charge on any atom is 0.172 e. The highest BCUT2D eigenvalue weighted by molar-refractivity contribution is 7.14. The van der Waals surface area contributed by atoms with Crippen LogP contribution >= 0.6 is 11.3 Å². The van der Waals surface area contributed by atoms with Crippen LogP contribution in [0.15, 0.2) is 6.07 Å². The number of ketones is 1. The molecule has 0 aromatic carbocycles. The number of hydrogen-bond donors (Lipinski definition) is 0. The van der Waals surface area contributed by atoms with Crippen molar-refractivity contribution < 1.29 is 4.79 Å². The molecule has 2 heteroatoms. The zero-order valence-electron chi connectivity index (χ0n) is 11.8. The Morgan fingerprint density at radius 2 is 1.94 bits per heavy atom. The first-order valence-corrected chi connectivity index (χ1v) is 7.92. The molecule has 0 atom stereocenters. The Morgan fingerprint density at radius 1 is 1.22 bits per heavy atom. The van der Waals surface area contributed by atoms with E-state index in [2.05, 4.69) is 26.8 Å². The van der Waals surface area contributed by atoms with Gasteiger partial charge in [0.15, 0.2) is 5.78 Å². The van der Waals surface area contributed by atoms with Crippen molar-refractivity contribution in [3.05, 3.63) is 21.4 Å². The van der Waals surface area contributed by atoms with Crippen molar-refractivity contribution in [2.75, 3.05) is 0 Å². The van der Waals surface area contributed by atoms with Gasteiger partial charge in [-0.3, -0.25) is 4.79 Å². The zero-order chi connectivity index (χ0) is 13.2. The van der Waals surface area contributed by atoms with Crippen LogP contribution in [0.2, 0.25) is 0 Å². The van der Waals surface area contributed by atoms with Crippen LogP contribution in [-0.2, 0) is 12.8 Å². The van der Waals surface area contributed by atoms with Crippen LogP contribution in [0.5, 0.6) is 0 Å². The first kappa shape index (κ1) is 13.8. The van der Waals surface area contributed by atoms with Gasteiger partial charge in [-0.05, 0) is 49.1 Å². The molecule has 1 aromatic heterocycles. The molecule has 0 unspecified atom stereocenters. The van der Waals surface area contributed by atoms with Gasteiger partial charge in [-0.15, -0.1) is 11.3 Å². The topological polar surface area (TPSA) is 17.1 Å². The molecule has 0 spiro atoms. The Hall–Kier alpha value is -0.630. The second-order valence-electron chi connectivity index (χ2n) is 6.60. The van der Waals surface area contributed by atoms with Crippen LogP contribution in [-0.4, -0.2) is 5.78 Å². The monoisotopic (exact) mass is 264 g/mol. The summed E-state index contributed by atoms with van der Waals surface area (Å²) in [5.41, 5.74) is 1.71. The Bertz CT molecular complexity index is 399. The van der Waals surface area contributed by atoms with Gasteiger partial charge in [0.2, 0.25) is 0 Å². The highest BCUT2D eigenvalue weighted by Gasteiger charge is 2.18. The van der Waals surface area contributed by atoms with Gasteiger partial charge in [-0.2, -0.15) is 0 Å². The van der Waals surface area contributed by atoms with Gasteiger partial charge in [0.05, 0.1) is 4.88 Å². The summed E-state index contributed by atoms with van der Waals surface area (Å²) in [5.74, 6) is 0.350. The number of thiophene rings is 1. The molecule has 2 rings (SSSR count). The fourth-order valence-corrected chi connectivity index (χ4v) is 3.64. The maximum absolute atomic E-state index is 12.2. The second kappa shape index (κ2) is 5.56. The lowest BCUT2D eigenvalue weighted by Gasteiger charge is -2.16. The van der Waals surface area contributed by atoms with E-state index in [0.29, 0.717) is 12.2 Å². The van der Waals surface area contributed by atoms with Crippen LogP contribution in [0.4, 0.5) is 0 Å². The van der Waals surface area contributed by atoms with Crippen molar-refractivity contribution >= 4 is 17.1 Å². The average Bonchev–Trinajstić information content (AvgIpc) is 2.57. The molecule has 1 aliphatic rings. The first-order chi connectivity index (χ1) is 8.46. The molecule has 0 radical (unpaired) electrons. The lowest BCUT2D eigenvalue weighted by atomic mass is 9.89. The molecule has 0 amide bonds. The first-order valence-electron chi connectivity index (χ1n) is 7.10. The van der Waals surface area contributed by atoms with E-state index in [0.717, 1.165) is 11.3 Å². The summed E-state index contributed by atoms with van der Waals surface area (Å²) in [6.07, 6.45) is 7.97. The van der Waals surface area contributed by atoms with Crippen molar-refractivity contribution in [3.8, 4) is 0 Å². The SMILES string of the molecule is CC(C)(C)CCC(=O)c1cc2c(s1)CCCCC2. The van der Waals surface area contributed by atoms with E-state index >= 15 is 0 Å². The van der Waals surface area contributed by atoms with E-state index in [-0.39, 0.29) is 5.41 Å². The fourth-order valence-electron chi connectivity index (χ4n) is 2.42. The normalized spacial score (nSPS) is 16.2. The Kier molecular flexibility index (Phi) is 4.26. The minimum absolute atomic E-state index is 0.254. The second-order valence-corrected chi connectivity index (χ2v) is 7.74. The van der Waals surface area contributed by atoms with Gasteiger partial charge in [0.25, 0.3) is 0 Å². The molecule has 0 aliphatic heterocycles. The van der Waals surface area contributed by atoms with Gasteiger partial charge < -0.3 is 0 Å². The quantitative estimate of drug-likeness (QED) is 0.553. The van der Waals surface area contributed by atoms with E-state index in [1.54, 1.807) is 11.3 Å². The molecule has 0 saturated heterocycles. The Morgan fingerprint density at radius 3 is 2.67 bits per heavy atom. The van der Waals surface area contributed by atoms with Crippen LogP contribution in [0.1, 0.15) is 73.0 Å². The minimum Gasteiger partial charge on any atom is -0.293 e. The number of fused-ring (bicyclic) bond motifs is 1. The summed E-state index contributed by atoms with van der Waals surface area (Å²) in [6.45, 7) is 6.59. The Labute approximate surface area is 115 Å². The largest absolute Gasteiger partial charge is 0.293 e. The molecule has 100 valence electrons. The highest BCUT2D eigenvalue weighted by Crippen LogP contribution is 2.31. The number of carbonyl (C=O) groups is 1. The molecule has 1 heterocycles. The lowest BCUT2D eigenvalue weighted by Crippen LogP contribution is -2.08. The molecular weight excluding hydrogens is 240 g/mol. The summed E-state index contributed by atoms with van der Waals surface area (Å²) in [7, 11) is 0. The molecule has 1 nitrogen and oxygen atoms in total. The van der Waals surface area contributed by atoms with Gasteiger partial charge in [0.1, 0.15) is 0 Å². The van der Waals surface area contributed by atoms with Gasteiger partial charge in [-0.1, -0.05) is 27.2 Å². The molecule has 0 bridgehead atoms. The van der Waals surface area contributed by atoms with Crippen LogP contribution in [0.25, 0.3) is 0 Å². The number of hydrogen-bond acceptors (Lipinski definition) is 2. The summed E-state index contributed by atoms with van der Waals surface area (Å²) < 4.78 is 0. The van der Waals surface area contributed by atoms with Crippen molar-refractivity contribution in [3.63, 3.8) is 0 Å².